The molecular formula is C19H24FNO3. The van der Waals surface area contributed by atoms with Gasteiger partial charge in [-0.2, -0.15) is 0 Å². The maximum absolute atomic E-state index is 12.6. The van der Waals surface area contributed by atoms with Crippen LogP contribution in [0.2, 0.25) is 0 Å². The number of halogens is 1. The topological polar surface area (TPSA) is 50.7 Å². The van der Waals surface area contributed by atoms with Crippen LogP contribution < -0.4 is 14.8 Å². The SMILES string of the molecule is COc1cc(CCNCc2ccccc2O)c(OC)cc1CCF. The van der Waals surface area contributed by atoms with Crippen LogP contribution in [0, 0.1) is 0 Å². The molecule has 0 radical (unpaired) electrons. The number of hydrogen-bond acceptors (Lipinski definition) is 4. The number of alkyl halides is 1. The van der Waals surface area contributed by atoms with Crippen molar-refractivity contribution in [3.05, 3.63) is 53.1 Å². The molecule has 2 aromatic carbocycles. The summed E-state index contributed by atoms with van der Waals surface area (Å²) in [5, 5.41) is 13.1. The molecule has 0 spiro atoms. The van der Waals surface area contributed by atoms with Gasteiger partial charge in [0.25, 0.3) is 0 Å². The maximum Gasteiger partial charge on any atom is 0.122 e. The first-order valence-electron chi connectivity index (χ1n) is 7.97. The Hall–Kier alpha value is -2.27. The minimum Gasteiger partial charge on any atom is -0.508 e. The molecule has 0 saturated heterocycles. The van der Waals surface area contributed by atoms with Crippen LogP contribution in [0.3, 0.4) is 0 Å². The van der Waals surface area contributed by atoms with E-state index in [1.807, 2.05) is 24.3 Å². The normalized spacial score (nSPS) is 10.6. The van der Waals surface area contributed by atoms with Gasteiger partial charge in [0.15, 0.2) is 0 Å². The number of aryl methyl sites for hydroxylation is 1. The number of phenols is 1. The Labute approximate surface area is 142 Å². The third-order valence-corrected chi connectivity index (χ3v) is 3.93. The monoisotopic (exact) mass is 333 g/mol. The van der Waals surface area contributed by atoms with E-state index in [4.69, 9.17) is 9.47 Å². The zero-order valence-corrected chi connectivity index (χ0v) is 14.1. The van der Waals surface area contributed by atoms with E-state index >= 15 is 0 Å². The Morgan fingerprint density at radius 1 is 0.958 bits per heavy atom. The van der Waals surface area contributed by atoms with E-state index in [1.165, 1.54) is 0 Å². The number of nitrogens with one attached hydrogen (secondary N) is 1. The molecule has 0 atom stereocenters. The summed E-state index contributed by atoms with van der Waals surface area (Å²) in [4.78, 5) is 0. The molecule has 0 amide bonds. The van der Waals surface area contributed by atoms with Crippen molar-refractivity contribution >= 4 is 0 Å². The highest BCUT2D eigenvalue weighted by molar-refractivity contribution is 5.47. The fourth-order valence-corrected chi connectivity index (χ4v) is 2.62. The lowest BCUT2D eigenvalue weighted by Gasteiger charge is -2.15. The lowest BCUT2D eigenvalue weighted by atomic mass is 10.0. The summed E-state index contributed by atoms with van der Waals surface area (Å²) in [6.45, 7) is 0.878. The van der Waals surface area contributed by atoms with Gasteiger partial charge in [-0.15, -0.1) is 0 Å². The molecular weight excluding hydrogens is 309 g/mol. The molecule has 2 rings (SSSR count). The van der Waals surface area contributed by atoms with Gasteiger partial charge in [0.05, 0.1) is 20.9 Å². The van der Waals surface area contributed by atoms with Crippen molar-refractivity contribution in [2.24, 2.45) is 0 Å². The van der Waals surface area contributed by atoms with E-state index in [0.717, 1.165) is 35.4 Å². The Bertz CT molecular complexity index is 661. The number of ether oxygens (including phenoxy) is 2. The Morgan fingerprint density at radius 2 is 1.58 bits per heavy atom. The Balaban J connectivity index is 1.99. The molecule has 24 heavy (non-hydrogen) atoms. The molecule has 4 nitrogen and oxygen atoms in total. The Kier molecular flexibility index (Phi) is 6.88. The maximum atomic E-state index is 12.6. The van der Waals surface area contributed by atoms with E-state index in [2.05, 4.69) is 5.32 Å². The van der Waals surface area contributed by atoms with Gasteiger partial charge in [-0.05, 0) is 36.7 Å². The number of aromatic hydroxyl groups is 1. The highest BCUT2D eigenvalue weighted by atomic mass is 19.1. The van der Waals surface area contributed by atoms with Gasteiger partial charge >= 0.3 is 0 Å². The highest BCUT2D eigenvalue weighted by Gasteiger charge is 2.11. The average Bonchev–Trinajstić information content (AvgIpc) is 2.60. The van der Waals surface area contributed by atoms with Crippen LogP contribution in [-0.2, 0) is 19.4 Å². The van der Waals surface area contributed by atoms with Crippen LogP contribution in [0.4, 0.5) is 4.39 Å². The van der Waals surface area contributed by atoms with Gasteiger partial charge in [0.1, 0.15) is 17.2 Å². The second-order valence-electron chi connectivity index (χ2n) is 5.47. The summed E-state index contributed by atoms with van der Waals surface area (Å²) in [6.07, 6.45) is 1.05. The van der Waals surface area contributed by atoms with E-state index in [-0.39, 0.29) is 0 Å². The molecule has 0 unspecified atom stereocenters. The second-order valence-corrected chi connectivity index (χ2v) is 5.47. The molecule has 5 heteroatoms. The zero-order chi connectivity index (χ0) is 17.4. The third kappa shape index (κ3) is 4.61. The zero-order valence-electron chi connectivity index (χ0n) is 14.1. The second kappa shape index (κ2) is 9.13. The third-order valence-electron chi connectivity index (χ3n) is 3.93. The van der Waals surface area contributed by atoms with Crippen LogP contribution in [0.1, 0.15) is 16.7 Å². The molecule has 0 bridgehead atoms. The van der Waals surface area contributed by atoms with Crippen LogP contribution >= 0.6 is 0 Å². The van der Waals surface area contributed by atoms with Crippen molar-refractivity contribution in [1.82, 2.24) is 5.32 Å². The molecule has 0 aliphatic carbocycles. The molecule has 0 aromatic heterocycles. The lowest BCUT2D eigenvalue weighted by molar-refractivity contribution is 0.391. The number of benzene rings is 2. The van der Waals surface area contributed by atoms with Crippen molar-refractivity contribution in [3.8, 4) is 17.2 Å². The van der Waals surface area contributed by atoms with Crippen molar-refractivity contribution in [2.75, 3.05) is 27.4 Å². The summed E-state index contributed by atoms with van der Waals surface area (Å²) >= 11 is 0. The van der Waals surface area contributed by atoms with E-state index < -0.39 is 6.67 Å². The molecule has 0 aliphatic rings. The first kappa shape index (κ1) is 18.1. The summed E-state index contributed by atoms with van der Waals surface area (Å²) in [6, 6.07) is 11.0. The van der Waals surface area contributed by atoms with Gasteiger partial charge in [-0.1, -0.05) is 18.2 Å². The van der Waals surface area contributed by atoms with Crippen LogP contribution in [0.15, 0.2) is 36.4 Å². The number of rotatable bonds is 9. The molecule has 0 aliphatic heterocycles. The average molecular weight is 333 g/mol. The summed E-state index contributed by atoms with van der Waals surface area (Å²) in [7, 11) is 3.20. The standard InChI is InChI=1S/C19H24FNO3/c1-23-18-12-15(19(24-2)11-14(18)7-9-20)8-10-21-13-16-5-3-4-6-17(16)22/h3-6,11-12,21-22H,7-10,13H2,1-2H3. The predicted molar refractivity (Wildman–Crippen MR) is 92.7 cm³/mol. The smallest absolute Gasteiger partial charge is 0.122 e. The quantitative estimate of drug-likeness (QED) is 0.692. The van der Waals surface area contributed by atoms with Gasteiger partial charge in [-0.25, -0.2) is 0 Å². The molecule has 2 aromatic rings. The first-order valence-corrected chi connectivity index (χ1v) is 7.97. The van der Waals surface area contributed by atoms with Crippen molar-refractivity contribution in [3.63, 3.8) is 0 Å². The van der Waals surface area contributed by atoms with Gasteiger partial charge in [-0.3, -0.25) is 4.39 Å². The number of phenolic OH excluding ortho intramolecular Hbond substituents is 1. The predicted octanol–water partition coefficient (Wildman–Crippen LogP) is 3.25. The van der Waals surface area contributed by atoms with E-state index in [9.17, 15) is 9.50 Å². The molecule has 0 fully saturated rings. The number of para-hydroxylation sites is 1. The first-order chi connectivity index (χ1) is 11.7. The minimum absolute atomic E-state index is 0.292. The summed E-state index contributed by atoms with van der Waals surface area (Å²) < 4.78 is 23.4. The van der Waals surface area contributed by atoms with Gasteiger partial charge in [0, 0.05) is 24.1 Å². The summed E-state index contributed by atoms with van der Waals surface area (Å²) in [5.41, 5.74) is 2.67. The fraction of sp³-hybridized carbons (Fsp3) is 0.368. The minimum atomic E-state index is -0.430. The molecule has 2 N–H and O–H groups in total. The summed E-state index contributed by atoms with van der Waals surface area (Å²) in [5.74, 6) is 1.72. The largest absolute Gasteiger partial charge is 0.508 e. The van der Waals surface area contributed by atoms with Crippen LogP contribution in [0.25, 0.3) is 0 Å². The van der Waals surface area contributed by atoms with Crippen LogP contribution in [0.5, 0.6) is 17.2 Å². The van der Waals surface area contributed by atoms with Gasteiger partial charge in [0.2, 0.25) is 0 Å². The lowest BCUT2D eigenvalue weighted by Crippen LogP contribution is -2.17. The molecule has 130 valence electrons. The van der Waals surface area contributed by atoms with Crippen molar-refractivity contribution < 1.29 is 19.0 Å². The number of methoxy groups -OCH3 is 2. The van der Waals surface area contributed by atoms with E-state index in [0.29, 0.717) is 24.5 Å². The highest BCUT2D eigenvalue weighted by Crippen LogP contribution is 2.29. The molecule has 0 heterocycles. The van der Waals surface area contributed by atoms with Crippen LogP contribution in [-0.4, -0.2) is 32.5 Å². The van der Waals surface area contributed by atoms with Crippen molar-refractivity contribution in [2.45, 2.75) is 19.4 Å². The van der Waals surface area contributed by atoms with Gasteiger partial charge < -0.3 is 19.9 Å². The van der Waals surface area contributed by atoms with E-state index in [1.54, 1.807) is 26.4 Å². The number of hydrogen-bond donors (Lipinski definition) is 2. The van der Waals surface area contributed by atoms with Crippen molar-refractivity contribution in [1.29, 1.82) is 0 Å². The Morgan fingerprint density at radius 3 is 2.17 bits per heavy atom. The molecule has 0 saturated carbocycles. The fourth-order valence-electron chi connectivity index (χ4n) is 2.62.